The van der Waals surface area contributed by atoms with E-state index >= 15 is 0 Å². The Morgan fingerprint density at radius 3 is 2.43 bits per heavy atom. The molecule has 1 aromatic carbocycles. The summed E-state index contributed by atoms with van der Waals surface area (Å²) in [5.41, 5.74) is 5.73. The maximum atomic E-state index is 12.0. The predicted molar refractivity (Wildman–Crippen MR) is 83.0 cm³/mol. The Balaban J connectivity index is 2.75. The first-order valence-corrected chi connectivity index (χ1v) is 7.13. The number of hydrogen-bond donors (Lipinski definition) is 1. The summed E-state index contributed by atoms with van der Waals surface area (Å²) in [4.78, 5) is 40.2. The molecule has 2 N–H and O–H groups in total. The maximum Gasteiger partial charge on any atom is 0.363 e. The van der Waals surface area contributed by atoms with Crippen LogP contribution in [-0.2, 0) is 19.2 Å². The number of carbonyl (C=O) groups excluding carboxylic acids is 3. The van der Waals surface area contributed by atoms with Gasteiger partial charge >= 0.3 is 11.9 Å². The van der Waals surface area contributed by atoms with E-state index < -0.39 is 17.8 Å². The molecular formula is C16H20N2O5. The van der Waals surface area contributed by atoms with E-state index in [1.807, 2.05) is 0 Å². The van der Waals surface area contributed by atoms with Crippen molar-refractivity contribution >= 4 is 17.8 Å². The molecule has 0 unspecified atom stereocenters. The van der Waals surface area contributed by atoms with Gasteiger partial charge in [-0.05, 0) is 31.5 Å². The number of esters is 1. The summed E-state index contributed by atoms with van der Waals surface area (Å²) >= 11 is 0. The van der Waals surface area contributed by atoms with E-state index in [2.05, 4.69) is 4.74 Å². The minimum absolute atomic E-state index is 0.181. The number of rotatable bonds is 7. The number of nitrogens with two attached hydrogens (primary N) is 1. The molecule has 7 nitrogen and oxygen atoms in total. The first-order chi connectivity index (χ1) is 11.1. The largest absolute Gasteiger partial charge is 0.466 e. The van der Waals surface area contributed by atoms with Gasteiger partial charge in [0.2, 0.25) is 0 Å². The summed E-state index contributed by atoms with van der Waals surface area (Å²) in [7, 11) is 1.20. The van der Waals surface area contributed by atoms with Crippen LogP contribution in [0.15, 0.2) is 42.5 Å². The third-order valence-corrected chi connectivity index (χ3v) is 2.83. The second kappa shape index (κ2) is 10.1. The number of nitrogens with zero attached hydrogens (tertiary/aromatic N) is 1. The zero-order valence-electron chi connectivity index (χ0n) is 12.9. The van der Waals surface area contributed by atoms with Gasteiger partial charge in [-0.2, -0.15) is 5.06 Å². The quantitative estimate of drug-likeness (QED) is 0.349. The lowest BCUT2D eigenvalue weighted by Gasteiger charge is -2.19. The van der Waals surface area contributed by atoms with Crippen LogP contribution in [0.2, 0.25) is 0 Å². The van der Waals surface area contributed by atoms with Crippen molar-refractivity contribution in [2.75, 3.05) is 20.2 Å². The molecule has 0 saturated carbocycles. The minimum Gasteiger partial charge on any atom is -0.466 e. The zero-order chi connectivity index (χ0) is 17.1. The molecule has 1 aromatic rings. The highest BCUT2D eigenvalue weighted by molar-refractivity contribution is 5.95. The average Bonchev–Trinajstić information content (AvgIpc) is 2.59. The third kappa shape index (κ3) is 6.75. The van der Waals surface area contributed by atoms with Crippen molar-refractivity contribution < 1.29 is 24.0 Å². The van der Waals surface area contributed by atoms with Gasteiger partial charge in [0.1, 0.15) is 0 Å². The first kappa shape index (κ1) is 18.4. The highest BCUT2D eigenvalue weighted by Crippen LogP contribution is 2.06. The summed E-state index contributed by atoms with van der Waals surface area (Å²) in [5.74, 6) is -1.95. The zero-order valence-corrected chi connectivity index (χ0v) is 12.9. The lowest BCUT2D eigenvalue weighted by molar-refractivity contribution is -0.162. The predicted octanol–water partition coefficient (Wildman–Crippen LogP) is 1.06. The monoisotopic (exact) mass is 320 g/mol. The van der Waals surface area contributed by atoms with Crippen LogP contribution < -0.4 is 5.73 Å². The van der Waals surface area contributed by atoms with Crippen LogP contribution in [0, 0.1) is 0 Å². The lowest BCUT2D eigenvalue weighted by atomic mass is 10.2. The van der Waals surface area contributed by atoms with Crippen LogP contribution in [0.5, 0.6) is 0 Å². The molecular weight excluding hydrogens is 300 g/mol. The summed E-state index contributed by atoms with van der Waals surface area (Å²) in [6.07, 6.45) is 3.20. The van der Waals surface area contributed by atoms with Gasteiger partial charge in [-0.1, -0.05) is 18.2 Å². The molecule has 23 heavy (non-hydrogen) atoms. The van der Waals surface area contributed by atoms with Gasteiger partial charge in [-0.15, -0.1) is 0 Å². The van der Waals surface area contributed by atoms with E-state index in [4.69, 9.17) is 10.6 Å². The van der Waals surface area contributed by atoms with Gasteiger partial charge in [0.15, 0.2) is 0 Å². The van der Waals surface area contributed by atoms with Crippen LogP contribution in [0.4, 0.5) is 0 Å². The molecule has 1 amide bonds. The molecule has 0 aromatic heterocycles. The minimum atomic E-state index is -0.672. The van der Waals surface area contributed by atoms with E-state index in [1.165, 1.54) is 7.11 Å². The number of unbranched alkanes of at least 4 members (excludes halogenated alkanes) is 1. The molecule has 1 rings (SSSR count). The number of methoxy groups -OCH3 is 1. The Hall–Kier alpha value is -2.67. The molecule has 0 bridgehead atoms. The van der Waals surface area contributed by atoms with Gasteiger partial charge in [-0.3, -0.25) is 4.79 Å². The molecule has 0 spiro atoms. The number of hydroxylamine groups is 2. The van der Waals surface area contributed by atoms with Crippen molar-refractivity contribution in [1.29, 1.82) is 0 Å². The lowest BCUT2D eigenvalue weighted by Crippen LogP contribution is -2.33. The van der Waals surface area contributed by atoms with Gasteiger partial charge in [0, 0.05) is 12.2 Å². The number of benzene rings is 1. The number of carbonyl (C=O) groups is 3. The fraction of sp³-hybridized carbons (Fsp3) is 0.312. The molecule has 0 aliphatic rings. The maximum absolute atomic E-state index is 12.0. The fourth-order valence-corrected chi connectivity index (χ4v) is 1.62. The Labute approximate surface area is 134 Å². The normalized spacial score (nSPS) is 10.3. The van der Waals surface area contributed by atoms with Crippen molar-refractivity contribution in [1.82, 2.24) is 5.06 Å². The highest BCUT2D eigenvalue weighted by Gasteiger charge is 2.17. The van der Waals surface area contributed by atoms with Crippen molar-refractivity contribution in [2.24, 2.45) is 5.73 Å². The first-order valence-electron chi connectivity index (χ1n) is 7.13. The summed E-state index contributed by atoms with van der Waals surface area (Å²) < 4.78 is 4.41. The SMILES string of the molecule is COC(=O)C=CC(=O)N(CCCCN)OC(=O)c1ccccc1. The van der Waals surface area contributed by atoms with E-state index in [9.17, 15) is 14.4 Å². The van der Waals surface area contributed by atoms with Crippen molar-refractivity contribution in [3.63, 3.8) is 0 Å². The molecule has 0 heterocycles. The van der Waals surface area contributed by atoms with Crippen molar-refractivity contribution in [2.45, 2.75) is 12.8 Å². The topological polar surface area (TPSA) is 98.9 Å². The van der Waals surface area contributed by atoms with E-state index in [-0.39, 0.29) is 6.54 Å². The van der Waals surface area contributed by atoms with Crippen molar-refractivity contribution in [3.8, 4) is 0 Å². The van der Waals surface area contributed by atoms with E-state index in [0.717, 1.165) is 17.2 Å². The van der Waals surface area contributed by atoms with Crippen LogP contribution in [0.3, 0.4) is 0 Å². The molecule has 124 valence electrons. The Morgan fingerprint density at radius 1 is 1.13 bits per heavy atom. The van der Waals surface area contributed by atoms with Crippen LogP contribution >= 0.6 is 0 Å². The Kier molecular flexibility index (Phi) is 8.09. The van der Waals surface area contributed by atoms with Crippen LogP contribution in [0.1, 0.15) is 23.2 Å². The number of hydrogen-bond acceptors (Lipinski definition) is 6. The Bertz CT molecular complexity index is 557. The summed E-state index contributed by atoms with van der Waals surface area (Å²) in [5, 5.41) is 0.907. The molecule has 0 atom stereocenters. The second-order valence-corrected chi connectivity index (χ2v) is 4.54. The molecule has 0 aliphatic heterocycles. The standard InChI is InChI=1S/C16H20N2O5/c1-22-15(20)10-9-14(19)18(12-6-5-11-17)23-16(21)13-7-3-2-4-8-13/h2-4,7-10H,5-6,11-12,17H2,1H3. The highest BCUT2D eigenvalue weighted by atomic mass is 16.7. The van der Waals surface area contributed by atoms with Gasteiger partial charge in [-0.25, -0.2) is 9.59 Å². The van der Waals surface area contributed by atoms with E-state index in [0.29, 0.717) is 24.9 Å². The smallest absolute Gasteiger partial charge is 0.363 e. The fourth-order valence-electron chi connectivity index (χ4n) is 1.62. The van der Waals surface area contributed by atoms with E-state index in [1.54, 1.807) is 30.3 Å². The molecule has 0 saturated heterocycles. The molecule has 0 fully saturated rings. The third-order valence-electron chi connectivity index (χ3n) is 2.83. The molecule has 7 heteroatoms. The number of amides is 1. The second-order valence-electron chi connectivity index (χ2n) is 4.54. The molecule has 0 radical (unpaired) electrons. The van der Waals surface area contributed by atoms with Gasteiger partial charge < -0.3 is 15.3 Å². The van der Waals surface area contributed by atoms with Crippen LogP contribution in [0.25, 0.3) is 0 Å². The number of ether oxygens (including phenoxy) is 1. The van der Waals surface area contributed by atoms with Gasteiger partial charge in [0.05, 0.1) is 19.2 Å². The average molecular weight is 320 g/mol. The molecule has 0 aliphatic carbocycles. The van der Waals surface area contributed by atoms with Crippen LogP contribution in [-0.4, -0.2) is 43.1 Å². The van der Waals surface area contributed by atoms with Gasteiger partial charge in [0.25, 0.3) is 5.91 Å². The van der Waals surface area contributed by atoms with Crippen molar-refractivity contribution in [3.05, 3.63) is 48.0 Å². The summed E-state index contributed by atoms with van der Waals surface area (Å²) in [6, 6.07) is 8.30. The summed E-state index contributed by atoms with van der Waals surface area (Å²) in [6.45, 7) is 0.646. The Morgan fingerprint density at radius 2 is 1.83 bits per heavy atom.